The zero-order chi connectivity index (χ0) is 18.1. The van der Waals surface area contributed by atoms with Crippen molar-refractivity contribution in [1.29, 1.82) is 0 Å². The first-order valence-corrected chi connectivity index (χ1v) is 10.1. The van der Waals surface area contributed by atoms with Gasteiger partial charge in [0.05, 0.1) is 17.1 Å². The molecule has 134 valence electrons. The number of rotatable bonds is 7. The number of aliphatic imine (C=N–C) groups is 1. The van der Waals surface area contributed by atoms with Gasteiger partial charge in [0.1, 0.15) is 0 Å². The summed E-state index contributed by atoms with van der Waals surface area (Å²) in [4.78, 5) is 9.11. The molecule has 0 aliphatic heterocycles. The highest BCUT2D eigenvalue weighted by Crippen LogP contribution is 2.10. The molecule has 7 heteroatoms. The highest BCUT2D eigenvalue weighted by atomic mass is 32.2. The number of aromatic nitrogens is 1. The number of nitrogens with zero attached hydrogens (tertiary/aromatic N) is 2. The Morgan fingerprint density at radius 3 is 2.48 bits per heavy atom. The van der Waals surface area contributed by atoms with E-state index in [2.05, 4.69) is 20.6 Å². The summed E-state index contributed by atoms with van der Waals surface area (Å²) in [6, 6.07) is 12.7. The fourth-order valence-electron chi connectivity index (χ4n) is 2.22. The van der Waals surface area contributed by atoms with E-state index in [9.17, 15) is 8.42 Å². The van der Waals surface area contributed by atoms with Crippen LogP contribution in [0.1, 0.15) is 18.2 Å². The van der Waals surface area contributed by atoms with Gasteiger partial charge in [0.15, 0.2) is 15.8 Å². The Morgan fingerprint density at radius 1 is 1.12 bits per heavy atom. The molecule has 0 aliphatic carbocycles. The Bertz CT molecular complexity index is 788. The van der Waals surface area contributed by atoms with E-state index in [1.807, 2.05) is 37.3 Å². The fourth-order valence-corrected chi connectivity index (χ4v) is 2.85. The quantitative estimate of drug-likeness (QED) is 0.581. The van der Waals surface area contributed by atoms with Gasteiger partial charge < -0.3 is 10.6 Å². The summed E-state index contributed by atoms with van der Waals surface area (Å²) in [6.07, 6.45) is 3.74. The smallest absolute Gasteiger partial charge is 0.191 e. The van der Waals surface area contributed by atoms with Crippen LogP contribution in [0.15, 0.2) is 58.5 Å². The average Bonchev–Trinajstić information content (AvgIpc) is 2.60. The molecule has 2 rings (SSSR count). The first-order valence-electron chi connectivity index (χ1n) is 8.20. The molecule has 2 aromatic rings. The number of benzene rings is 1. The third kappa shape index (κ3) is 6.54. The number of hydrogen-bond acceptors (Lipinski definition) is 4. The molecule has 25 heavy (non-hydrogen) atoms. The minimum atomic E-state index is -3.15. The summed E-state index contributed by atoms with van der Waals surface area (Å²) in [5.74, 6) is 0.737. The van der Waals surface area contributed by atoms with Gasteiger partial charge in [-0.05, 0) is 43.2 Å². The SMILES string of the molecule is CCNC(=NCc1ccccn1)NCCc1ccc(S(C)(=O)=O)cc1. The molecule has 0 radical (unpaired) electrons. The fraction of sp³-hybridized carbons (Fsp3) is 0.333. The average molecular weight is 360 g/mol. The molecular formula is C18H24N4O2S. The van der Waals surface area contributed by atoms with Crippen LogP contribution in [0.3, 0.4) is 0 Å². The highest BCUT2D eigenvalue weighted by molar-refractivity contribution is 7.90. The first-order chi connectivity index (χ1) is 12.0. The van der Waals surface area contributed by atoms with Gasteiger partial charge in [-0.15, -0.1) is 0 Å². The zero-order valence-electron chi connectivity index (χ0n) is 14.6. The Labute approximate surface area is 149 Å². The summed E-state index contributed by atoms with van der Waals surface area (Å²) >= 11 is 0. The lowest BCUT2D eigenvalue weighted by atomic mass is 10.1. The monoisotopic (exact) mass is 360 g/mol. The van der Waals surface area contributed by atoms with Gasteiger partial charge >= 0.3 is 0 Å². The van der Waals surface area contributed by atoms with Crippen LogP contribution < -0.4 is 10.6 Å². The van der Waals surface area contributed by atoms with Crippen LogP contribution in [0.5, 0.6) is 0 Å². The van der Waals surface area contributed by atoms with E-state index in [1.54, 1.807) is 18.3 Å². The molecule has 1 aromatic heterocycles. The topological polar surface area (TPSA) is 83.4 Å². The minimum Gasteiger partial charge on any atom is -0.357 e. The molecular weight excluding hydrogens is 336 g/mol. The van der Waals surface area contributed by atoms with E-state index < -0.39 is 9.84 Å². The summed E-state index contributed by atoms with van der Waals surface area (Å²) in [6.45, 7) is 4.00. The molecule has 0 saturated heterocycles. The van der Waals surface area contributed by atoms with Crippen LogP contribution in [0, 0.1) is 0 Å². The van der Waals surface area contributed by atoms with E-state index in [1.165, 1.54) is 6.26 Å². The third-order valence-electron chi connectivity index (χ3n) is 3.53. The van der Waals surface area contributed by atoms with Crippen LogP contribution in [-0.2, 0) is 22.8 Å². The number of pyridine rings is 1. The lowest BCUT2D eigenvalue weighted by Gasteiger charge is -2.11. The van der Waals surface area contributed by atoms with Crippen LogP contribution in [-0.4, -0.2) is 38.7 Å². The summed E-state index contributed by atoms with van der Waals surface area (Å²) < 4.78 is 22.9. The second-order valence-electron chi connectivity index (χ2n) is 5.61. The van der Waals surface area contributed by atoms with Crippen molar-refractivity contribution in [1.82, 2.24) is 15.6 Å². The van der Waals surface area contributed by atoms with Crippen molar-refractivity contribution in [2.45, 2.75) is 24.8 Å². The molecule has 0 unspecified atom stereocenters. The number of hydrogen-bond donors (Lipinski definition) is 2. The second kappa shape index (κ2) is 9.17. The molecule has 0 amide bonds. The Kier molecular flexibility index (Phi) is 6.94. The molecule has 6 nitrogen and oxygen atoms in total. The maximum Gasteiger partial charge on any atom is 0.191 e. The molecule has 1 heterocycles. The first kappa shape index (κ1) is 18.9. The zero-order valence-corrected chi connectivity index (χ0v) is 15.4. The van der Waals surface area contributed by atoms with Crippen molar-refractivity contribution in [3.05, 3.63) is 59.9 Å². The minimum absolute atomic E-state index is 0.342. The van der Waals surface area contributed by atoms with E-state index in [0.717, 1.165) is 30.2 Å². The second-order valence-corrected chi connectivity index (χ2v) is 7.62. The molecule has 0 saturated carbocycles. The lowest BCUT2D eigenvalue weighted by Crippen LogP contribution is -2.38. The van der Waals surface area contributed by atoms with Crippen LogP contribution in [0.25, 0.3) is 0 Å². The van der Waals surface area contributed by atoms with Gasteiger partial charge in [-0.3, -0.25) is 4.98 Å². The molecule has 0 bridgehead atoms. The van der Waals surface area contributed by atoms with Gasteiger partial charge in [0, 0.05) is 25.5 Å². The summed E-state index contributed by atoms with van der Waals surface area (Å²) in [5.41, 5.74) is 1.98. The third-order valence-corrected chi connectivity index (χ3v) is 4.66. The van der Waals surface area contributed by atoms with E-state index >= 15 is 0 Å². The van der Waals surface area contributed by atoms with Gasteiger partial charge in [-0.1, -0.05) is 18.2 Å². The van der Waals surface area contributed by atoms with Crippen LogP contribution >= 0.6 is 0 Å². The van der Waals surface area contributed by atoms with Crippen molar-refractivity contribution in [2.75, 3.05) is 19.3 Å². The number of sulfone groups is 1. The summed E-state index contributed by atoms with van der Waals surface area (Å²) in [7, 11) is -3.15. The highest BCUT2D eigenvalue weighted by Gasteiger charge is 2.06. The number of nitrogens with one attached hydrogen (secondary N) is 2. The maximum atomic E-state index is 11.5. The van der Waals surface area contributed by atoms with Gasteiger partial charge in [-0.25, -0.2) is 13.4 Å². The van der Waals surface area contributed by atoms with Crippen molar-refractivity contribution in [2.24, 2.45) is 4.99 Å². The molecule has 0 aliphatic rings. The van der Waals surface area contributed by atoms with Crippen LogP contribution in [0.2, 0.25) is 0 Å². The standard InChI is InChI=1S/C18H24N4O2S/c1-3-19-18(22-14-16-6-4-5-12-20-16)21-13-11-15-7-9-17(10-8-15)25(2,23)24/h4-10,12H,3,11,13-14H2,1-2H3,(H2,19,21,22). The molecule has 0 spiro atoms. The van der Waals surface area contributed by atoms with E-state index in [-0.39, 0.29) is 0 Å². The predicted molar refractivity (Wildman–Crippen MR) is 100 cm³/mol. The molecule has 0 atom stereocenters. The van der Waals surface area contributed by atoms with Gasteiger partial charge in [0.2, 0.25) is 0 Å². The van der Waals surface area contributed by atoms with Crippen molar-refractivity contribution in [3.8, 4) is 0 Å². The lowest BCUT2D eigenvalue weighted by molar-refractivity contribution is 0.602. The van der Waals surface area contributed by atoms with Crippen molar-refractivity contribution in [3.63, 3.8) is 0 Å². The Hall–Kier alpha value is -2.41. The Morgan fingerprint density at radius 2 is 1.88 bits per heavy atom. The van der Waals surface area contributed by atoms with E-state index in [4.69, 9.17) is 0 Å². The van der Waals surface area contributed by atoms with Gasteiger partial charge in [-0.2, -0.15) is 0 Å². The molecule has 2 N–H and O–H groups in total. The molecule has 1 aromatic carbocycles. The molecule has 0 fully saturated rings. The number of guanidine groups is 1. The maximum absolute atomic E-state index is 11.5. The Balaban J connectivity index is 1.88. The predicted octanol–water partition coefficient (Wildman–Crippen LogP) is 1.78. The summed E-state index contributed by atoms with van der Waals surface area (Å²) in [5, 5.41) is 6.48. The van der Waals surface area contributed by atoms with Crippen molar-refractivity contribution < 1.29 is 8.42 Å². The van der Waals surface area contributed by atoms with Crippen LogP contribution in [0.4, 0.5) is 0 Å². The van der Waals surface area contributed by atoms with Crippen molar-refractivity contribution >= 4 is 15.8 Å². The van der Waals surface area contributed by atoms with E-state index in [0.29, 0.717) is 18.0 Å². The largest absolute Gasteiger partial charge is 0.357 e. The normalized spacial score (nSPS) is 12.0. The van der Waals surface area contributed by atoms with Gasteiger partial charge in [0.25, 0.3) is 0 Å².